The summed E-state index contributed by atoms with van der Waals surface area (Å²) in [5.74, 6) is 0. The molecule has 4 nitrogen and oxygen atoms in total. The van der Waals surface area contributed by atoms with Crippen molar-refractivity contribution >= 4 is 0 Å². The van der Waals surface area contributed by atoms with Gasteiger partial charge in [0.1, 0.15) is 0 Å². The van der Waals surface area contributed by atoms with Crippen LogP contribution in [0.2, 0.25) is 0 Å². The monoisotopic (exact) mass is 253 g/mol. The first-order valence-corrected chi connectivity index (χ1v) is 7.78. The zero-order valence-corrected chi connectivity index (χ0v) is 11.5. The Morgan fingerprint density at radius 1 is 0.722 bits per heavy atom. The normalized spacial score (nSPS) is 33.7. The van der Waals surface area contributed by atoms with E-state index in [2.05, 4.69) is 14.9 Å². The van der Waals surface area contributed by atoms with Crippen LogP contribution >= 0.6 is 0 Å². The highest BCUT2D eigenvalue weighted by Crippen LogP contribution is 2.25. The molecule has 1 unspecified atom stereocenters. The maximum Gasteiger partial charge on any atom is 0.0760 e. The minimum absolute atomic E-state index is 0.678. The summed E-state index contributed by atoms with van der Waals surface area (Å²) in [4.78, 5) is 2.73. The summed E-state index contributed by atoms with van der Waals surface area (Å²) < 4.78 is 5.49. The lowest BCUT2D eigenvalue weighted by Crippen LogP contribution is -2.60. The van der Waals surface area contributed by atoms with Gasteiger partial charge in [-0.1, -0.05) is 6.42 Å². The van der Waals surface area contributed by atoms with E-state index in [1.807, 2.05) is 0 Å². The molecular formula is C14H27N3O. The van der Waals surface area contributed by atoms with Gasteiger partial charge in [0.2, 0.25) is 0 Å². The van der Waals surface area contributed by atoms with E-state index < -0.39 is 0 Å². The van der Waals surface area contributed by atoms with Crippen molar-refractivity contribution in [2.75, 3.05) is 45.9 Å². The minimum atomic E-state index is 0.678. The lowest BCUT2D eigenvalue weighted by atomic mass is 10.0. The van der Waals surface area contributed by atoms with Gasteiger partial charge in [-0.15, -0.1) is 0 Å². The third-order valence-corrected chi connectivity index (χ3v) is 4.61. The van der Waals surface area contributed by atoms with Crippen molar-refractivity contribution in [2.24, 2.45) is 0 Å². The standard InChI is InChI=1S/C14H27N3O/c1-3-7-15(8-4-1)14-6-2-5-9-17(14)16-10-12-18-13-11-16/h14H,1-13H2. The summed E-state index contributed by atoms with van der Waals surface area (Å²) in [7, 11) is 0. The second-order valence-electron chi connectivity index (χ2n) is 5.80. The summed E-state index contributed by atoms with van der Waals surface area (Å²) >= 11 is 0. The fourth-order valence-electron chi connectivity index (χ4n) is 3.63. The van der Waals surface area contributed by atoms with Gasteiger partial charge in [-0.2, -0.15) is 0 Å². The second-order valence-corrected chi connectivity index (χ2v) is 5.80. The predicted molar refractivity (Wildman–Crippen MR) is 72.2 cm³/mol. The first kappa shape index (κ1) is 12.9. The summed E-state index contributed by atoms with van der Waals surface area (Å²) in [5.41, 5.74) is 0. The number of hydrogen-bond donors (Lipinski definition) is 0. The quantitative estimate of drug-likeness (QED) is 0.743. The molecule has 0 aromatic heterocycles. The summed E-state index contributed by atoms with van der Waals surface area (Å²) in [6.07, 6.45) is 9.03. The molecule has 1 atom stereocenters. The molecule has 0 aromatic rings. The van der Waals surface area contributed by atoms with Crippen molar-refractivity contribution in [1.82, 2.24) is 14.9 Å². The number of piperidine rings is 2. The van der Waals surface area contributed by atoms with Gasteiger partial charge in [0.05, 0.1) is 19.4 Å². The smallest absolute Gasteiger partial charge is 0.0760 e. The van der Waals surface area contributed by atoms with Crippen LogP contribution in [0.15, 0.2) is 0 Å². The number of likely N-dealkylation sites (tertiary alicyclic amines) is 1. The fraction of sp³-hybridized carbons (Fsp3) is 1.00. The van der Waals surface area contributed by atoms with Gasteiger partial charge in [0.25, 0.3) is 0 Å². The molecule has 3 aliphatic heterocycles. The Bertz CT molecular complexity index is 223. The topological polar surface area (TPSA) is 19.0 Å². The van der Waals surface area contributed by atoms with E-state index >= 15 is 0 Å². The molecule has 0 spiro atoms. The van der Waals surface area contributed by atoms with Gasteiger partial charge < -0.3 is 4.74 Å². The van der Waals surface area contributed by atoms with Crippen molar-refractivity contribution in [2.45, 2.75) is 44.7 Å². The van der Waals surface area contributed by atoms with Crippen LogP contribution in [0.3, 0.4) is 0 Å². The van der Waals surface area contributed by atoms with Crippen LogP contribution in [-0.2, 0) is 4.74 Å². The van der Waals surface area contributed by atoms with Gasteiger partial charge in [-0.3, -0.25) is 4.90 Å². The van der Waals surface area contributed by atoms with Crippen LogP contribution in [-0.4, -0.2) is 67.0 Å². The maximum atomic E-state index is 5.49. The highest BCUT2D eigenvalue weighted by atomic mass is 16.5. The number of hydrogen-bond acceptors (Lipinski definition) is 4. The molecule has 0 radical (unpaired) electrons. The van der Waals surface area contributed by atoms with Gasteiger partial charge in [-0.25, -0.2) is 10.0 Å². The first-order chi connectivity index (χ1) is 8.95. The van der Waals surface area contributed by atoms with Gasteiger partial charge in [0, 0.05) is 19.6 Å². The van der Waals surface area contributed by atoms with Gasteiger partial charge in [-0.05, 0) is 45.2 Å². The van der Waals surface area contributed by atoms with E-state index in [9.17, 15) is 0 Å². The number of rotatable bonds is 2. The van der Waals surface area contributed by atoms with E-state index in [0.29, 0.717) is 6.17 Å². The lowest BCUT2D eigenvalue weighted by molar-refractivity contribution is -0.162. The average molecular weight is 253 g/mol. The van der Waals surface area contributed by atoms with Gasteiger partial charge >= 0.3 is 0 Å². The summed E-state index contributed by atoms with van der Waals surface area (Å²) in [5, 5.41) is 5.22. The Morgan fingerprint density at radius 2 is 1.44 bits per heavy atom. The molecular weight excluding hydrogens is 226 g/mol. The van der Waals surface area contributed by atoms with Crippen molar-refractivity contribution in [3.63, 3.8) is 0 Å². The molecule has 0 N–H and O–H groups in total. The Morgan fingerprint density at radius 3 is 2.22 bits per heavy atom. The molecule has 0 aromatic carbocycles. The van der Waals surface area contributed by atoms with E-state index in [0.717, 1.165) is 26.3 Å². The highest BCUT2D eigenvalue weighted by Gasteiger charge is 2.32. The van der Waals surface area contributed by atoms with Crippen LogP contribution in [0.25, 0.3) is 0 Å². The maximum absolute atomic E-state index is 5.49. The summed E-state index contributed by atoms with van der Waals surface area (Å²) in [6, 6.07) is 0. The van der Waals surface area contributed by atoms with Crippen molar-refractivity contribution in [1.29, 1.82) is 0 Å². The van der Waals surface area contributed by atoms with E-state index in [4.69, 9.17) is 4.74 Å². The van der Waals surface area contributed by atoms with E-state index in [-0.39, 0.29) is 0 Å². The molecule has 0 aliphatic carbocycles. The van der Waals surface area contributed by atoms with Crippen LogP contribution < -0.4 is 0 Å². The molecule has 3 aliphatic rings. The van der Waals surface area contributed by atoms with Crippen molar-refractivity contribution < 1.29 is 4.74 Å². The molecule has 0 saturated carbocycles. The molecule has 18 heavy (non-hydrogen) atoms. The van der Waals surface area contributed by atoms with Crippen LogP contribution in [0.1, 0.15) is 38.5 Å². The van der Waals surface area contributed by atoms with Gasteiger partial charge in [0.15, 0.2) is 0 Å². The van der Waals surface area contributed by atoms with Crippen LogP contribution in [0, 0.1) is 0 Å². The largest absolute Gasteiger partial charge is 0.379 e. The summed E-state index contributed by atoms with van der Waals surface area (Å²) in [6.45, 7) is 7.86. The zero-order chi connectivity index (χ0) is 12.2. The Balaban J connectivity index is 1.64. The molecule has 3 heterocycles. The Kier molecular flexibility index (Phi) is 4.52. The van der Waals surface area contributed by atoms with Crippen LogP contribution in [0.4, 0.5) is 0 Å². The second kappa shape index (κ2) is 6.33. The SMILES string of the molecule is C1CCN(C2CCCCN2N2CCOCC2)CC1. The van der Waals surface area contributed by atoms with Crippen molar-refractivity contribution in [3.05, 3.63) is 0 Å². The molecule has 3 rings (SSSR count). The average Bonchev–Trinajstić information content (AvgIpc) is 2.49. The number of ether oxygens (including phenoxy) is 1. The lowest BCUT2D eigenvalue weighted by Gasteiger charge is -2.49. The molecule has 4 heteroatoms. The highest BCUT2D eigenvalue weighted by molar-refractivity contribution is 4.79. The predicted octanol–water partition coefficient (Wildman–Crippen LogP) is 1.53. The third kappa shape index (κ3) is 2.87. The van der Waals surface area contributed by atoms with Crippen LogP contribution in [0.5, 0.6) is 0 Å². The number of morpholine rings is 1. The third-order valence-electron chi connectivity index (χ3n) is 4.61. The molecule has 0 bridgehead atoms. The zero-order valence-electron chi connectivity index (χ0n) is 11.5. The molecule has 3 saturated heterocycles. The number of nitrogens with zero attached hydrogens (tertiary/aromatic N) is 3. The van der Waals surface area contributed by atoms with E-state index in [1.165, 1.54) is 58.2 Å². The number of hydrazine groups is 1. The van der Waals surface area contributed by atoms with Crippen molar-refractivity contribution in [3.8, 4) is 0 Å². The first-order valence-electron chi connectivity index (χ1n) is 7.78. The molecule has 0 amide bonds. The van der Waals surface area contributed by atoms with E-state index in [1.54, 1.807) is 0 Å². The minimum Gasteiger partial charge on any atom is -0.379 e. The Labute approximate surface area is 111 Å². The fourth-order valence-corrected chi connectivity index (χ4v) is 3.63. The Hall–Kier alpha value is -0.160. The molecule has 3 fully saturated rings. The molecule has 104 valence electrons.